The van der Waals surface area contributed by atoms with Crippen LogP contribution in [0.1, 0.15) is 22.6 Å². The summed E-state index contributed by atoms with van der Waals surface area (Å²) in [4.78, 5) is 28.1. The van der Waals surface area contributed by atoms with Crippen LogP contribution in [-0.2, 0) is 12.2 Å². The summed E-state index contributed by atoms with van der Waals surface area (Å²) in [5, 5.41) is 10.4. The number of H-pyrrole nitrogens is 2. The fourth-order valence-electron chi connectivity index (χ4n) is 3.10. The molecule has 0 atom stereocenters. The van der Waals surface area contributed by atoms with Gasteiger partial charge in [-0.15, -0.1) is 10.2 Å². The lowest BCUT2D eigenvalue weighted by atomic mass is 10.2. The average Bonchev–Trinajstić information content (AvgIpc) is 3.10. The molecule has 4 rings (SSSR count). The molecule has 2 aromatic carbocycles. The normalized spacial score (nSPS) is 11.1. The van der Waals surface area contributed by atoms with Crippen LogP contribution < -0.4 is 11.2 Å². The van der Waals surface area contributed by atoms with Crippen LogP contribution in [0.2, 0.25) is 10.0 Å². The van der Waals surface area contributed by atoms with Crippen molar-refractivity contribution >= 4 is 35.0 Å². The summed E-state index contributed by atoms with van der Waals surface area (Å²) >= 11 is 13.6. The Balaban J connectivity index is 1.70. The molecule has 2 aromatic heterocycles. The van der Waals surface area contributed by atoms with Crippen LogP contribution >= 0.6 is 35.0 Å². The zero-order chi connectivity index (χ0) is 22.0. The third kappa shape index (κ3) is 5.10. The van der Waals surface area contributed by atoms with Gasteiger partial charge in [-0.25, -0.2) is 4.79 Å². The quantitative estimate of drug-likeness (QED) is 0.410. The summed E-state index contributed by atoms with van der Waals surface area (Å²) in [6, 6.07) is 14.8. The van der Waals surface area contributed by atoms with Crippen molar-refractivity contribution in [1.82, 2.24) is 24.7 Å². The first-order valence-corrected chi connectivity index (χ1v) is 11.0. The van der Waals surface area contributed by atoms with Crippen molar-refractivity contribution in [2.24, 2.45) is 0 Å². The zero-order valence-corrected chi connectivity index (χ0v) is 18.7. The molecule has 2 N–H and O–H groups in total. The van der Waals surface area contributed by atoms with Crippen molar-refractivity contribution in [3.8, 4) is 5.69 Å². The van der Waals surface area contributed by atoms with Gasteiger partial charge in [-0.2, -0.15) is 0 Å². The number of rotatable bonds is 6. The highest BCUT2D eigenvalue weighted by atomic mass is 35.5. The molecule has 0 saturated carbocycles. The second-order valence-corrected chi connectivity index (χ2v) is 8.66. The minimum Gasteiger partial charge on any atom is -0.311 e. The highest BCUT2D eigenvalue weighted by Crippen LogP contribution is 2.29. The van der Waals surface area contributed by atoms with Gasteiger partial charge in [0.25, 0.3) is 5.56 Å². The number of hydrogen-bond acceptors (Lipinski definition) is 5. The van der Waals surface area contributed by atoms with Gasteiger partial charge >= 0.3 is 5.69 Å². The summed E-state index contributed by atoms with van der Waals surface area (Å²) in [5.74, 6) is 1.21. The lowest BCUT2D eigenvalue weighted by Gasteiger charge is -2.11. The van der Waals surface area contributed by atoms with Crippen molar-refractivity contribution in [2.45, 2.75) is 24.3 Å². The Morgan fingerprint density at radius 1 is 1.00 bits per heavy atom. The molecule has 0 saturated heterocycles. The van der Waals surface area contributed by atoms with Gasteiger partial charge in [0.15, 0.2) is 5.16 Å². The minimum atomic E-state index is -0.557. The van der Waals surface area contributed by atoms with Gasteiger partial charge in [-0.05, 0) is 42.3 Å². The van der Waals surface area contributed by atoms with E-state index in [-0.39, 0.29) is 6.42 Å². The number of aryl methyl sites for hydroxylation is 1. The Morgan fingerprint density at radius 3 is 2.58 bits per heavy atom. The Bertz CT molecular complexity index is 1330. The van der Waals surface area contributed by atoms with Gasteiger partial charge in [0, 0.05) is 29.6 Å². The lowest BCUT2D eigenvalue weighted by molar-refractivity contribution is 0.828. The third-order valence-corrected chi connectivity index (χ3v) is 6.22. The van der Waals surface area contributed by atoms with E-state index in [2.05, 4.69) is 20.2 Å². The van der Waals surface area contributed by atoms with Crippen LogP contribution in [0.4, 0.5) is 0 Å². The zero-order valence-electron chi connectivity index (χ0n) is 16.4. The number of nitrogens with zero attached hydrogens (tertiary/aromatic N) is 3. The Labute approximate surface area is 191 Å². The minimum absolute atomic E-state index is 0.243. The van der Waals surface area contributed by atoms with E-state index in [0.29, 0.717) is 32.5 Å². The number of nitrogens with one attached hydrogen (secondary N) is 2. The molecule has 0 unspecified atom stereocenters. The molecule has 0 amide bonds. The summed E-state index contributed by atoms with van der Waals surface area (Å²) in [6.07, 6.45) is 0.243. The van der Waals surface area contributed by atoms with E-state index >= 15 is 0 Å². The predicted molar refractivity (Wildman–Crippen MR) is 123 cm³/mol. The van der Waals surface area contributed by atoms with Crippen molar-refractivity contribution in [3.63, 3.8) is 0 Å². The number of aromatic nitrogens is 5. The van der Waals surface area contributed by atoms with E-state index in [9.17, 15) is 9.59 Å². The highest BCUT2D eigenvalue weighted by Gasteiger charge is 2.16. The number of halogens is 2. The van der Waals surface area contributed by atoms with E-state index in [1.165, 1.54) is 17.8 Å². The average molecular weight is 474 g/mol. The Hall–Kier alpha value is -2.81. The van der Waals surface area contributed by atoms with Crippen LogP contribution in [0.25, 0.3) is 5.69 Å². The third-order valence-electron chi connectivity index (χ3n) is 4.48. The van der Waals surface area contributed by atoms with Gasteiger partial charge in [0.2, 0.25) is 0 Å². The van der Waals surface area contributed by atoms with Crippen LogP contribution in [0.15, 0.2) is 63.3 Å². The summed E-state index contributed by atoms with van der Waals surface area (Å²) in [5.41, 5.74) is 2.41. The molecule has 0 bridgehead atoms. The molecule has 0 fully saturated rings. The molecule has 0 aliphatic carbocycles. The van der Waals surface area contributed by atoms with E-state index in [4.69, 9.17) is 23.2 Å². The molecule has 0 aliphatic heterocycles. The first-order valence-electron chi connectivity index (χ1n) is 9.29. The fourth-order valence-corrected chi connectivity index (χ4v) is 4.33. The maximum atomic E-state index is 11.7. The smallest absolute Gasteiger partial charge is 0.311 e. The predicted octanol–water partition coefficient (Wildman–Crippen LogP) is 4.14. The van der Waals surface area contributed by atoms with E-state index in [1.807, 2.05) is 47.9 Å². The van der Waals surface area contributed by atoms with Gasteiger partial charge in [-0.1, -0.05) is 53.2 Å². The maximum absolute atomic E-state index is 11.7. The molecule has 158 valence electrons. The van der Waals surface area contributed by atoms with Crippen LogP contribution in [0, 0.1) is 6.92 Å². The van der Waals surface area contributed by atoms with Crippen molar-refractivity contribution in [2.75, 3.05) is 0 Å². The molecule has 4 aromatic rings. The summed E-state index contributed by atoms with van der Waals surface area (Å²) < 4.78 is 1.93. The van der Waals surface area contributed by atoms with E-state index in [0.717, 1.165) is 16.8 Å². The van der Waals surface area contributed by atoms with Crippen molar-refractivity contribution in [1.29, 1.82) is 0 Å². The van der Waals surface area contributed by atoms with Gasteiger partial charge in [-0.3, -0.25) is 14.3 Å². The number of thioether (sulfide) groups is 1. The second-order valence-electron chi connectivity index (χ2n) is 6.90. The molecule has 10 heteroatoms. The molecule has 2 heterocycles. The fraction of sp³-hybridized carbons (Fsp3) is 0.143. The SMILES string of the molecule is Cc1cccc(-n2c(Cc3cc(=O)[nH]c(=O)[nH]3)nnc2SCc2ccc(Cl)c(Cl)c2)c1. The molecule has 31 heavy (non-hydrogen) atoms. The topological polar surface area (TPSA) is 96.4 Å². The standard InChI is InChI=1S/C21H17Cl2N5O2S/c1-12-3-2-4-15(7-12)28-18(9-14-10-19(29)25-20(30)24-14)26-27-21(28)31-11-13-5-6-16(22)17(23)8-13/h2-8,10H,9,11H2,1H3,(H2,24,25,29,30). The molecule has 0 aliphatic rings. The number of benzene rings is 2. The molecule has 0 radical (unpaired) electrons. The molecular formula is C21H17Cl2N5O2S. The van der Waals surface area contributed by atoms with Crippen LogP contribution in [-0.4, -0.2) is 24.7 Å². The Morgan fingerprint density at radius 2 is 1.84 bits per heavy atom. The second kappa shape index (κ2) is 9.13. The van der Waals surface area contributed by atoms with Gasteiger partial charge in [0.1, 0.15) is 5.82 Å². The van der Waals surface area contributed by atoms with Crippen molar-refractivity contribution < 1.29 is 0 Å². The molecular weight excluding hydrogens is 457 g/mol. The summed E-state index contributed by atoms with van der Waals surface area (Å²) in [7, 11) is 0. The monoisotopic (exact) mass is 473 g/mol. The van der Waals surface area contributed by atoms with Gasteiger partial charge < -0.3 is 4.98 Å². The first-order chi connectivity index (χ1) is 14.9. The van der Waals surface area contributed by atoms with Crippen LogP contribution in [0.5, 0.6) is 0 Å². The number of hydrogen-bond donors (Lipinski definition) is 2. The largest absolute Gasteiger partial charge is 0.325 e. The maximum Gasteiger partial charge on any atom is 0.325 e. The van der Waals surface area contributed by atoms with E-state index < -0.39 is 11.2 Å². The summed E-state index contributed by atoms with van der Waals surface area (Å²) in [6.45, 7) is 2.00. The molecule has 7 nitrogen and oxygen atoms in total. The number of aromatic amines is 2. The van der Waals surface area contributed by atoms with Crippen molar-refractivity contribution in [3.05, 3.63) is 102 Å². The highest BCUT2D eigenvalue weighted by molar-refractivity contribution is 7.98. The van der Waals surface area contributed by atoms with Crippen LogP contribution in [0.3, 0.4) is 0 Å². The Kier molecular flexibility index (Phi) is 6.31. The van der Waals surface area contributed by atoms with Gasteiger partial charge in [0.05, 0.1) is 10.0 Å². The molecule has 0 spiro atoms. The first kappa shape index (κ1) is 21.4. The van der Waals surface area contributed by atoms with E-state index in [1.54, 1.807) is 6.07 Å². The lowest BCUT2D eigenvalue weighted by Crippen LogP contribution is -2.23.